The van der Waals surface area contributed by atoms with Crippen molar-refractivity contribution in [2.24, 2.45) is 0 Å². The molecule has 0 saturated carbocycles. The minimum Gasteiger partial charge on any atom is -0.319 e. The van der Waals surface area contributed by atoms with Crippen molar-refractivity contribution in [2.45, 2.75) is 6.92 Å². The Bertz CT molecular complexity index is 1060. The summed E-state index contributed by atoms with van der Waals surface area (Å²) in [4.78, 5) is 21.3. The van der Waals surface area contributed by atoms with E-state index in [4.69, 9.17) is 0 Å². The summed E-state index contributed by atoms with van der Waals surface area (Å²) in [6.45, 7) is 1.86. The van der Waals surface area contributed by atoms with Gasteiger partial charge in [-0.25, -0.2) is 14.6 Å². The van der Waals surface area contributed by atoms with Crippen molar-refractivity contribution in [3.05, 3.63) is 90.5 Å². The van der Waals surface area contributed by atoms with Gasteiger partial charge in [0.2, 0.25) is 0 Å². The summed E-state index contributed by atoms with van der Waals surface area (Å²) in [7, 11) is 0. The van der Waals surface area contributed by atoms with Crippen LogP contribution in [-0.2, 0) is 0 Å². The number of para-hydroxylation sites is 1. The fourth-order valence-corrected chi connectivity index (χ4v) is 2.79. The van der Waals surface area contributed by atoms with E-state index in [0.29, 0.717) is 17.1 Å². The van der Waals surface area contributed by atoms with Crippen LogP contribution in [0.15, 0.2) is 79.3 Å². The predicted octanol–water partition coefficient (Wildman–Crippen LogP) is 3.89. The van der Waals surface area contributed by atoms with E-state index < -0.39 is 0 Å². The number of nitrogens with zero attached hydrogens (tertiary/aromatic N) is 4. The van der Waals surface area contributed by atoms with E-state index in [1.807, 2.05) is 67.6 Å². The Balaban J connectivity index is 1.52. The van der Waals surface area contributed by atoms with Crippen molar-refractivity contribution in [3.8, 4) is 17.1 Å². The monoisotopic (exact) mass is 355 g/mol. The van der Waals surface area contributed by atoms with Crippen LogP contribution in [0.3, 0.4) is 0 Å². The van der Waals surface area contributed by atoms with Gasteiger partial charge in [0.1, 0.15) is 0 Å². The molecular weight excluding hydrogens is 338 g/mol. The Hall–Kier alpha value is -3.80. The maximum atomic E-state index is 12.6. The fourth-order valence-electron chi connectivity index (χ4n) is 2.79. The fraction of sp³-hybridized carbons (Fsp3) is 0.0476. The number of carbonyl (C=O) groups is 1. The topological polar surface area (TPSA) is 72.7 Å². The van der Waals surface area contributed by atoms with Crippen LogP contribution < -0.4 is 5.32 Å². The average molecular weight is 355 g/mol. The molecule has 0 aliphatic heterocycles. The Labute approximate surface area is 156 Å². The van der Waals surface area contributed by atoms with E-state index in [-0.39, 0.29) is 5.91 Å². The van der Waals surface area contributed by atoms with Crippen LogP contribution in [0.4, 0.5) is 5.69 Å². The molecule has 0 spiro atoms. The van der Waals surface area contributed by atoms with Gasteiger partial charge in [0.15, 0.2) is 5.82 Å². The van der Waals surface area contributed by atoms with Gasteiger partial charge in [-0.1, -0.05) is 48.5 Å². The molecule has 27 heavy (non-hydrogen) atoms. The largest absolute Gasteiger partial charge is 0.319 e. The first kappa shape index (κ1) is 16.7. The predicted molar refractivity (Wildman–Crippen MR) is 104 cm³/mol. The Morgan fingerprint density at radius 3 is 2.19 bits per heavy atom. The van der Waals surface area contributed by atoms with Crippen LogP contribution in [0.2, 0.25) is 0 Å². The summed E-state index contributed by atoms with van der Waals surface area (Å²) in [5.41, 5.74) is 3.64. The molecule has 6 nitrogen and oxygen atoms in total. The summed E-state index contributed by atoms with van der Waals surface area (Å²) < 4.78 is 1.74. The van der Waals surface area contributed by atoms with Crippen LogP contribution >= 0.6 is 0 Å². The molecule has 1 amide bonds. The van der Waals surface area contributed by atoms with Gasteiger partial charge in [-0.3, -0.25) is 4.79 Å². The van der Waals surface area contributed by atoms with E-state index in [1.165, 1.54) is 0 Å². The molecule has 4 aromatic rings. The smallest absolute Gasteiger partial charge is 0.259 e. The lowest BCUT2D eigenvalue weighted by Crippen LogP contribution is -2.13. The van der Waals surface area contributed by atoms with E-state index in [0.717, 1.165) is 16.9 Å². The minimum absolute atomic E-state index is 0.245. The molecule has 0 radical (unpaired) electrons. The highest BCUT2D eigenvalue weighted by Gasteiger charge is 2.15. The molecule has 0 atom stereocenters. The van der Waals surface area contributed by atoms with Crippen LogP contribution in [0.5, 0.6) is 0 Å². The zero-order chi connectivity index (χ0) is 18.6. The van der Waals surface area contributed by atoms with Crippen molar-refractivity contribution >= 4 is 11.6 Å². The SMILES string of the molecule is Cc1c(C(=O)Nc2cnc(-c3ccccc3)nc2)cnn1-c1ccccc1. The lowest BCUT2D eigenvalue weighted by atomic mass is 10.2. The number of nitrogens with one attached hydrogen (secondary N) is 1. The molecule has 0 saturated heterocycles. The van der Waals surface area contributed by atoms with Crippen molar-refractivity contribution in [1.82, 2.24) is 19.7 Å². The first-order valence-electron chi connectivity index (χ1n) is 8.51. The average Bonchev–Trinajstić information content (AvgIpc) is 3.11. The second kappa shape index (κ2) is 7.21. The first-order valence-corrected chi connectivity index (χ1v) is 8.51. The van der Waals surface area contributed by atoms with Gasteiger partial charge >= 0.3 is 0 Å². The zero-order valence-corrected chi connectivity index (χ0v) is 14.7. The number of hydrogen-bond acceptors (Lipinski definition) is 4. The standard InChI is InChI=1S/C21H17N5O/c1-15-19(14-24-26(15)18-10-6-3-7-11-18)21(27)25-17-12-22-20(23-13-17)16-8-4-2-5-9-16/h2-14H,1H3,(H,25,27). The number of rotatable bonds is 4. The molecule has 0 bridgehead atoms. The lowest BCUT2D eigenvalue weighted by Gasteiger charge is -2.07. The third-order valence-corrected chi connectivity index (χ3v) is 4.20. The number of anilines is 1. The highest BCUT2D eigenvalue weighted by atomic mass is 16.1. The summed E-state index contributed by atoms with van der Waals surface area (Å²) >= 11 is 0. The molecule has 132 valence electrons. The number of carbonyl (C=O) groups excluding carboxylic acids is 1. The Kier molecular flexibility index (Phi) is 4.45. The van der Waals surface area contributed by atoms with Crippen LogP contribution in [0.25, 0.3) is 17.1 Å². The second-order valence-electron chi connectivity index (χ2n) is 6.01. The molecule has 1 N–H and O–H groups in total. The van der Waals surface area contributed by atoms with Crippen molar-refractivity contribution in [2.75, 3.05) is 5.32 Å². The quantitative estimate of drug-likeness (QED) is 0.603. The van der Waals surface area contributed by atoms with Crippen molar-refractivity contribution in [3.63, 3.8) is 0 Å². The normalized spacial score (nSPS) is 10.6. The van der Waals surface area contributed by atoms with E-state index in [2.05, 4.69) is 20.4 Å². The van der Waals surface area contributed by atoms with Gasteiger partial charge in [0.05, 0.1) is 41.2 Å². The van der Waals surface area contributed by atoms with E-state index in [1.54, 1.807) is 23.3 Å². The number of amides is 1. The van der Waals surface area contributed by atoms with Gasteiger partial charge in [-0.05, 0) is 19.1 Å². The van der Waals surface area contributed by atoms with E-state index >= 15 is 0 Å². The number of aromatic nitrogens is 4. The first-order chi connectivity index (χ1) is 13.2. The molecule has 2 aromatic carbocycles. The second-order valence-corrected chi connectivity index (χ2v) is 6.01. The third kappa shape index (κ3) is 3.46. The molecule has 6 heteroatoms. The Morgan fingerprint density at radius 1 is 0.889 bits per heavy atom. The number of hydrogen-bond donors (Lipinski definition) is 1. The zero-order valence-electron chi connectivity index (χ0n) is 14.7. The van der Waals surface area contributed by atoms with Gasteiger partial charge in [-0.15, -0.1) is 0 Å². The van der Waals surface area contributed by atoms with Crippen LogP contribution in [0.1, 0.15) is 16.1 Å². The van der Waals surface area contributed by atoms with Crippen LogP contribution in [-0.4, -0.2) is 25.7 Å². The van der Waals surface area contributed by atoms with Gasteiger partial charge in [0, 0.05) is 5.56 Å². The summed E-state index contributed by atoms with van der Waals surface area (Å²) in [6, 6.07) is 19.4. The molecule has 2 heterocycles. The Morgan fingerprint density at radius 2 is 1.52 bits per heavy atom. The van der Waals surface area contributed by atoms with Crippen molar-refractivity contribution in [1.29, 1.82) is 0 Å². The molecule has 0 aliphatic carbocycles. The highest BCUT2D eigenvalue weighted by molar-refractivity contribution is 6.04. The molecule has 0 unspecified atom stereocenters. The van der Waals surface area contributed by atoms with Crippen molar-refractivity contribution < 1.29 is 4.79 Å². The third-order valence-electron chi connectivity index (χ3n) is 4.20. The molecule has 2 aromatic heterocycles. The maximum absolute atomic E-state index is 12.6. The minimum atomic E-state index is -0.245. The highest BCUT2D eigenvalue weighted by Crippen LogP contribution is 2.17. The summed E-state index contributed by atoms with van der Waals surface area (Å²) in [6.07, 6.45) is 4.77. The summed E-state index contributed by atoms with van der Waals surface area (Å²) in [5, 5.41) is 7.15. The van der Waals surface area contributed by atoms with Gasteiger partial charge in [-0.2, -0.15) is 5.10 Å². The van der Waals surface area contributed by atoms with Crippen LogP contribution in [0, 0.1) is 6.92 Å². The van der Waals surface area contributed by atoms with Gasteiger partial charge in [0.25, 0.3) is 5.91 Å². The molecule has 0 fully saturated rings. The van der Waals surface area contributed by atoms with Gasteiger partial charge < -0.3 is 5.32 Å². The molecular formula is C21H17N5O. The molecule has 0 aliphatic rings. The number of benzene rings is 2. The molecule has 4 rings (SSSR count). The lowest BCUT2D eigenvalue weighted by molar-refractivity contribution is 0.102. The van der Waals surface area contributed by atoms with E-state index in [9.17, 15) is 4.79 Å². The summed E-state index contributed by atoms with van der Waals surface area (Å²) in [5.74, 6) is 0.368. The maximum Gasteiger partial charge on any atom is 0.259 e.